The molecule has 4 nitrogen and oxygen atoms in total. The summed E-state index contributed by atoms with van der Waals surface area (Å²) >= 11 is 1.80. The van der Waals surface area contributed by atoms with E-state index in [1.807, 2.05) is 43.3 Å². The van der Waals surface area contributed by atoms with Crippen molar-refractivity contribution in [2.45, 2.75) is 31.7 Å². The molecule has 0 bridgehead atoms. The Balaban J connectivity index is 1.44. The number of carbonyl (C=O) groups is 1. The number of benzene rings is 2. The van der Waals surface area contributed by atoms with Gasteiger partial charge in [-0.25, -0.2) is 4.98 Å². The molecule has 1 aromatic heterocycles. The molecule has 0 saturated carbocycles. The minimum atomic E-state index is -0.0626. The zero-order valence-electron chi connectivity index (χ0n) is 14.9. The summed E-state index contributed by atoms with van der Waals surface area (Å²) in [6, 6.07) is 18.0. The zero-order chi connectivity index (χ0) is 17.9. The average molecular weight is 367 g/mol. The Bertz CT molecular complexity index is 859. The highest BCUT2D eigenvalue weighted by molar-refractivity contribution is 7.18. The number of rotatable bonds is 4. The van der Waals surface area contributed by atoms with Crippen molar-refractivity contribution in [3.63, 3.8) is 0 Å². The van der Waals surface area contributed by atoms with Crippen LogP contribution in [-0.4, -0.2) is 30.0 Å². The van der Waals surface area contributed by atoms with Gasteiger partial charge in [-0.05, 0) is 44.0 Å². The van der Waals surface area contributed by atoms with Crippen LogP contribution in [0.2, 0.25) is 0 Å². The summed E-state index contributed by atoms with van der Waals surface area (Å²) in [5.74, 6) is 0.541. The second kappa shape index (κ2) is 7.56. The number of amides is 1. The highest BCUT2D eigenvalue weighted by Gasteiger charge is 2.33. The van der Waals surface area contributed by atoms with E-state index in [0.29, 0.717) is 5.92 Å². The van der Waals surface area contributed by atoms with Gasteiger partial charge in [0, 0.05) is 5.69 Å². The van der Waals surface area contributed by atoms with Crippen LogP contribution in [0.15, 0.2) is 54.6 Å². The Morgan fingerprint density at radius 3 is 2.77 bits per heavy atom. The predicted octanol–water partition coefficient (Wildman–Crippen LogP) is 3.09. The lowest BCUT2D eigenvalue weighted by molar-refractivity contribution is -0.920. The lowest BCUT2D eigenvalue weighted by atomic mass is 9.97. The van der Waals surface area contributed by atoms with Gasteiger partial charge in [0.1, 0.15) is 5.01 Å². The van der Waals surface area contributed by atoms with Crippen molar-refractivity contribution in [2.24, 2.45) is 0 Å². The Hall–Kier alpha value is -2.24. The third kappa shape index (κ3) is 3.64. The van der Waals surface area contributed by atoms with Crippen LogP contribution in [0.4, 0.5) is 5.69 Å². The maximum atomic E-state index is 12.7. The van der Waals surface area contributed by atoms with Gasteiger partial charge in [-0.2, -0.15) is 0 Å². The van der Waals surface area contributed by atoms with Gasteiger partial charge in [0.25, 0.3) is 5.91 Å². The first-order chi connectivity index (χ1) is 12.7. The molecule has 2 N–H and O–H groups in total. The summed E-state index contributed by atoms with van der Waals surface area (Å²) in [6.07, 6.45) is 2.30. The molecule has 1 fully saturated rings. The third-order valence-electron chi connectivity index (χ3n) is 5.27. The number of piperidine rings is 1. The Morgan fingerprint density at radius 2 is 1.96 bits per heavy atom. The molecule has 3 atom stereocenters. The van der Waals surface area contributed by atoms with Gasteiger partial charge < -0.3 is 10.2 Å². The Labute approximate surface area is 157 Å². The summed E-state index contributed by atoms with van der Waals surface area (Å²) in [4.78, 5) is 18.9. The van der Waals surface area contributed by atoms with Crippen LogP contribution in [0, 0.1) is 0 Å². The molecule has 2 aromatic carbocycles. The molecule has 0 spiro atoms. The molecule has 2 heterocycles. The van der Waals surface area contributed by atoms with E-state index < -0.39 is 0 Å². The predicted molar refractivity (Wildman–Crippen MR) is 107 cm³/mol. The second-order valence-corrected chi connectivity index (χ2v) is 8.11. The van der Waals surface area contributed by atoms with Gasteiger partial charge in [0.2, 0.25) is 0 Å². The molecule has 1 unspecified atom stereocenters. The summed E-state index contributed by atoms with van der Waals surface area (Å²) in [6.45, 7) is 4.06. The third-order valence-corrected chi connectivity index (χ3v) is 6.46. The van der Waals surface area contributed by atoms with Crippen molar-refractivity contribution in [3.8, 4) is 0 Å². The molecule has 0 radical (unpaired) electrons. The number of nitrogens with one attached hydrogen (secondary N) is 2. The van der Waals surface area contributed by atoms with Crippen molar-refractivity contribution in [2.75, 3.05) is 18.4 Å². The number of carbonyl (C=O) groups excluding carboxylic acids is 1. The van der Waals surface area contributed by atoms with Crippen molar-refractivity contribution in [1.82, 2.24) is 4.98 Å². The molecular formula is C21H24N3OS+. The van der Waals surface area contributed by atoms with E-state index in [-0.39, 0.29) is 11.9 Å². The van der Waals surface area contributed by atoms with Crippen LogP contribution in [0.5, 0.6) is 0 Å². The molecule has 1 saturated heterocycles. The number of hydrogen-bond donors (Lipinski definition) is 2. The highest BCUT2D eigenvalue weighted by atomic mass is 32.1. The summed E-state index contributed by atoms with van der Waals surface area (Å²) in [5.41, 5.74) is 1.96. The largest absolute Gasteiger partial charge is 0.324 e. The van der Waals surface area contributed by atoms with E-state index in [1.165, 1.54) is 14.6 Å². The normalized spacial score (nSPS) is 21.4. The molecule has 5 heteroatoms. The first kappa shape index (κ1) is 17.2. The quantitative estimate of drug-likeness (QED) is 0.745. The monoisotopic (exact) mass is 366 g/mol. The topological polar surface area (TPSA) is 46.4 Å². The van der Waals surface area contributed by atoms with E-state index >= 15 is 0 Å². The first-order valence-electron chi connectivity index (χ1n) is 9.26. The number of para-hydroxylation sites is 2. The Morgan fingerprint density at radius 1 is 1.19 bits per heavy atom. The molecule has 3 aromatic rings. The number of anilines is 1. The smallest absolute Gasteiger partial charge is 0.282 e. The van der Waals surface area contributed by atoms with Crippen LogP contribution in [0.25, 0.3) is 10.2 Å². The van der Waals surface area contributed by atoms with Gasteiger partial charge in [-0.3, -0.25) is 4.79 Å². The SMILES string of the molecule is C[C@@H](C(=O)Nc1ccccc1)[NH+]1CCC[C@H](c2nc3ccccc3s2)C1. The number of aromatic nitrogens is 1. The van der Waals surface area contributed by atoms with Gasteiger partial charge >= 0.3 is 0 Å². The molecule has 134 valence electrons. The summed E-state index contributed by atoms with van der Waals surface area (Å²) in [7, 11) is 0. The van der Waals surface area contributed by atoms with Crippen LogP contribution in [0.3, 0.4) is 0 Å². The van der Waals surface area contributed by atoms with Crippen molar-refractivity contribution in [3.05, 3.63) is 59.6 Å². The zero-order valence-corrected chi connectivity index (χ0v) is 15.8. The molecule has 0 aliphatic carbocycles. The summed E-state index contributed by atoms with van der Waals surface area (Å²) < 4.78 is 1.25. The van der Waals surface area contributed by atoms with Crippen LogP contribution in [-0.2, 0) is 4.79 Å². The molecular weight excluding hydrogens is 342 g/mol. The van der Waals surface area contributed by atoms with E-state index in [0.717, 1.165) is 37.1 Å². The van der Waals surface area contributed by atoms with Crippen molar-refractivity contribution in [1.29, 1.82) is 0 Å². The second-order valence-electron chi connectivity index (χ2n) is 7.05. The average Bonchev–Trinajstić information content (AvgIpc) is 3.12. The molecule has 1 aliphatic heterocycles. The van der Waals surface area contributed by atoms with Gasteiger partial charge in [0.15, 0.2) is 6.04 Å². The molecule has 26 heavy (non-hydrogen) atoms. The van der Waals surface area contributed by atoms with Crippen molar-refractivity contribution < 1.29 is 9.69 Å². The number of hydrogen-bond acceptors (Lipinski definition) is 3. The van der Waals surface area contributed by atoms with Gasteiger partial charge in [-0.15, -0.1) is 11.3 Å². The fourth-order valence-corrected chi connectivity index (χ4v) is 4.82. The van der Waals surface area contributed by atoms with E-state index in [2.05, 4.69) is 23.5 Å². The number of thiazole rings is 1. The van der Waals surface area contributed by atoms with E-state index in [4.69, 9.17) is 4.98 Å². The lowest BCUT2D eigenvalue weighted by Gasteiger charge is -2.32. The van der Waals surface area contributed by atoms with Crippen LogP contribution < -0.4 is 10.2 Å². The van der Waals surface area contributed by atoms with E-state index in [1.54, 1.807) is 11.3 Å². The van der Waals surface area contributed by atoms with E-state index in [9.17, 15) is 4.79 Å². The van der Waals surface area contributed by atoms with Crippen LogP contribution >= 0.6 is 11.3 Å². The number of quaternary nitrogens is 1. The maximum absolute atomic E-state index is 12.7. The molecule has 1 aliphatic rings. The van der Waals surface area contributed by atoms with Gasteiger partial charge in [0.05, 0.1) is 29.2 Å². The number of likely N-dealkylation sites (tertiary alicyclic amines) is 1. The number of nitrogens with zero attached hydrogens (tertiary/aromatic N) is 1. The first-order valence-corrected chi connectivity index (χ1v) is 10.1. The standard InChI is InChI=1S/C21H23N3OS/c1-15(20(25)22-17-9-3-2-4-10-17)24-13-7-8-16(14-24)21-23-18-11-5-6-12-19(18)26-21/h2-6,9-12,15-16H,7-8,13-14H2,1H3,(H,22,25)/p+1/t15-,16-/m0/s1. The maximum Gasteiger partial charge on any atom is 0.282 e. The number of fused-ring (bicyclic) bond motifs is 1. The minimum Gasteiger partial charge on any atom is -0.324 e. The molecule has 1 amide bonds. The molecule has 4 rings (SSSR count). The van der Waals surface area contributed by atoms with Crippen LogP contribution in [0.1, 0.15) is 30.7 Å². The minimum absolute atomic E-state index is 0.0626. The highest BCUT2D eigenvalue weighted by Crippen LogP contribution is 2.30. The Kier molecular flexibility index (Phi) is 5.00. The van der Waals surface area contributed by atoms with Gasteiger partial charge in [-0.1, -0.05) is 30.3 Å². The summed E-state index contributed by atoms with van der Waals surface area (Å²) in [5, 5.41) is 4.26. The fourth-order valence-electron chi connectivity index (χ4n) is 3.72. The lowest BCUT2D eigenvalue weighted by Crippen LogP contribution is -3.17. The van der Waals surface area contributed by atoms with Crippen molar-refractivity contribution >= 4 is 33.1 Å². The fraction of sp³-hybridized carbons (Fsp3) is 0.333.